The van der Waals surface area contributed by atoms with Crippen LogP contribution in [0.25, 0.3) is 0 Å². The summed E-state index contributed by atoms with van der Waals surface area (Å²) in [4.78, 5) is 6.59. The van der Waals surface area contributed by atoms with Crippen LogP contribution in [0, 0.1) is 0 Å². The summed E-state index contributed by atoms with van der Waals surface area (Å²) in [5.74, 6) is 1.29. The van der Waals surface area contributed by atoms with Crippen LogP contribution < -0.4 is 5.32 Å². The van der Waals surface area contributed by atoms with E-state index in [-0.39, 0.29) is 0 Å². The molecule has 0 bridgehead atoms. The fourth-order valence-electron chi connectivity index (χ4n) is 3.20. The molecule has 1 aliphatic heterocycles. The first-order valence-electron chi connectivity index (χ1n) is 8.44. The fourth-order valence-corrected chi connectivity index (χ4v) is 3.32. The number of hydrogen-bond donors (Lipinski definition) is 2. The van der Waals surface area contributed by atoms with Gasteiger partial charge in [-0.05, 0) is 29.7 Å². The molecule has 0 aliphatic carbocycles. The Morgan fingerprint density at radius 1 is 1.44 bits per heavy atom. The van der Waals surface area contributed by atoms with Gasteiger partial charge in [-0.1, -0.05) is 23.7 Å². The summed E-state index contributed by atoms with van der Waals surface area (Å²) in [5, 5.41) is 18.5. The minimum Gasteiger partial charge on any atom is -0.387 e. The second-order valence-corrected chi connectivity index (χ2v) is 6.81. The maximum absolute atomic E-state index is 10.3. The van der Waals surface area contributed by atoms with Gasteiger partial charge in [0.25, 0.3) is 0 Å². The van der Waals surface area contributed by atoms with E-state index in [4.69, 9.17) is 11.6 Å². The van der Waals surface area contributed by atoms with Crippen molar-refractivity contribution in [1.82, 2.24) is 20.0 Å². The largest absolute Gasteiger partial charge is 0.387 e. The molecule has 1 saturated heterocycles. The van der Waals surface area contributed by atoms with E-state index in [1.807, 2.05) is 30.1 Å². The average Bonchev–Trinajstić information content (AvgIpc) is 3.25. The fraction of sp³-hybridized carbons (Fsp3) is 0.444. The molecule has 1 aliphatic rings. The first-order chi connectivity index (χ1) is 12.1. The molecule has 2 N–H and O–H groups in total. The third kappa shape index (κ3) is 4.32. The Kier molecular flexibility index (Phi) is 5.60. The predicted molar refractivity (Wildman–Crippen MR) is 99.9 cm³/mol. The van der Waals surface area contributed by atoms with Gasteiger partial charge in [0.1, 0.15) is 0 Å². The van der Waals surface area contributed by atoms with Crippen molar-refractivity contribution < 1.29 is 5.11 Å². The summed E-state index contributed by atoms with van der Waals surface area (Å²) in [7, 11) is 3.71. The summed E-state index contributed by atoms with van der Waals surface area (Å²) >= 11 is 5.89. The van der Waals surface area contributed by atoms with E-state index in [1.165, 1.54) is 5.56 Å². The minimum absolute atomic E-state index is 0.405. The zero-order valence-corrected chi connectivity index (χ0v) is 15.3. The van der Waals surface area contributed by atoms with Crippen molar-refractivity contribution in [3.63, 3.8) is 0 Å². The second-order valence-electron chi connectivity index (χ2n) is 6.37. The number of nitrogens with one attached hydrogen (secondary N) is 1. The zero-order valence-electron chi connectivity index (χ0n) is 14.6. The molecule has 7 heteroatoms. The molecular weight excluding hydrogens is 338 g/mol. The molecule has 2 atom stereocenters. The highest BCUT2D eigenvalue weighted by atomic mass is 35.5. The van der Waals surface area contributed by atoms with Crippen LogP contribution in [0.15, 0.2) is 41.7 Å². The van der Waals surface area contributed by atoms with Gasteiger partial charge in [0.2, 0.25) is 0 Å². The van der Waals surface area contributed by atoms with Crippen LogP contribution in [-0.2, 0) is 7.05 Å². The molecule has 2 heterocycles. The lowest BCUT2D eigenvalue weighted by Crippen LogP contribution is -2.41. The van der Waals surface area contributed by atoms with Crippen LogP contribution >= 0.6 is 11.6 Å². The molecule has 2 aromatic rings. The smallest absolute Gasteiger partial charge is 0.193 e. The third-order valence-corrected chi connectivity index (χ3v) is 4.86. The Bertz CT molecular complexity index is 727. The molecule has 25 heavy (non-hydrogen) atoms. The number of hydrogen-bond acceptors (Lipinski definition) is 3. The van der Waals surface area contributed by atoms with Crippen LogP contribution in [0.5, 0.6) is 0 Å². The third-order valence-electron chi connectivity index (χ3n) is 4.60. The number of rotatable bonds is 4. The molecule has 1 aromatic heterocycles. The quantitative estimate of drug-likeness (QED) is 0.647. The second kappa shape index (κ2) is 7.89. The van der Waals surface area contributed by atoms with Crippen molar-refractivity contribution in [2.45, 2.75) is 18.4 Å². The molecule has 3 rings (SSSR count). The van der Waals surface area contributed by atoms with Crippen molar-refractivity contribution in [3.8, 4) is 0 Å². The van der Waals surface area contributed by atoms with Gasteiger partial charge in [0.05, 0.1) is 12.3 Å². The van der Waals surface area contributed by atoms with Crippen LogP contribution in [0.2, 0.25) is 5.02 Å². The van der Waals surface area contributed by atoms with Crippen molar-refractivity contribution in [2.75, 3.05) is 26.7 Å². The van der Waals surface area contributed by atoms with Gasteiger partial charge < -0.3 is 15.3 Å². The van der Waals surface area contributed by atoms with Gasteiger partial charge in [-0.3, -0.25) is 9.67 Å². The number of aryl methyl sites for hydroxylation is 1. The number of likely N-dealkylation sites (tertiary alicyclic amines) is 1. The van der Waals surface area contributed by atoms with Crippen LogP contribution in [-0.4, -0.2) is 52.4 Å². The lowest BCUT2D eigenvalue weighted by molar-refractivity contribution is 0.180. The number of aromatic nitrogens is 2. The maximum Gasteiger partial charge on any atom is 0.193 e. The predicted octanol–water partition coefficient (Wildman–Crippen LogP) is 2.17. The number of aliphatic hydroxyl groups excluding tert-OH is 1. The molecule has 0 spiro atoms. The van der Waals surface area contributed by atoms with E-state index in [0.29, 0.717) is 17.5 Å². The average molecular weight is 362 g/mol. The maximum atomic E-state index is 10.3. The molecule has 0 amide bonds. The number of halogens is 1. The molecule has 6 nitrogen and oxygen atoms in total. The van der Waals surface area contributed by atoms with E-state index in [9.17, 15) is 5.11 Å². The number of benzene rings is 1. The van der Waals surface area contributed by atoms with Crippen LogP contribution in [0.4, 0.5) is 0 Å². The highest BCUT2D eigenvalue weighted by molar-refractivity contribution is 6.30. The molecule has 1 aromatic carbocycles. The Hall–Kier alpha value is -2.05. The van der Waals surface area contributed by atoms with Crippen molar-refractivity contribution in [3.05, 3.63) is 52.8 Å². The summed E-state index contributed by atoms with van der Waals surface area (Å²) in [5.41, 5.74) is 2.10. The Balaban J connectivity index is 1.55. The van der Waals surface area contributed by atoms with E-state index < -0.39 is 6.10 Å². The minimum atomic E-state index is -0.606. The topological polar surface area (TPSA) is 65.7 Å². The van der Waals surface area contributed by atoms with Gasteiger partial charge in [-0.2, -0.15) is 5.10 Å². The lowest BCUT2D eigenvalue weighted by atomic mass is 10.0. The molecule has 134 valence electrons. The highest BCUT2D eigenvalue weighted by Crippen LogP contribution is 2.26. The van der Waals surface area contributed by atoms with Gasteiger partial charge in [0.15, 0.2) is 5.96 Å². The molecular formula is C18H24ClN5O. The molecule has 1 fully saturated rings. The van der Waals surface area contributed by atoms with Crippen molar-refractivity contribution in [2.24, 2.45) is 12.0 Å². The van der Waals surface area contributed by atoms with Gasteiger partial charge in [0, 0.05) is 50.9 Å². The van der Waals surface area contributed by atoms with E-state index in [1.54, 1.807) is 19.2 Å². The van der Waals surface area contributed by atoms with E-state index in [2.05, 4.69) is 26.5 Å². The number of nitrogens with zero attached hydrogens (tertiary/aromatic N) is 4. The summed E-state index contributed by atoms with van der Waals surface area (Å²) in [6.07, 6.45) is 4.49. The lowest BCUT2D eigenvalue weighted by Gasteiger charge is -2.23. The number of aliphatic hydroxyl groups is 1. The summed E-state index contributed by atoms with van der Waals surface area (Å²) in [6.45, 7) is 2.25. The standard InChI is InChI=1S/C18H24ClN5O/c1-20-18(21-10-17(25)13-3-5-16(19)6-4-13)24-8-7-14(12-24)15-9-22-23(2)11-15/h3-6,9,11,14,17,25H,7-8,10,12H2,1-2H3,(H,20,21). The van der Waals surface area contributed by atoms with Gasteiger partial charge in [-0.25, -0.2) is 0 Å². The Morgan fingerprint density at radius 3 is 2.84 bits per heavy atom. The molecule has 0 saturated carbocycles. The van der Waals surface area contributed by atoms with Gasteiger partial charge in [-0.15, -0.1) is 0 Å². The Morgan fingerprint density at radius 2 is 2.20 bits per heavy atom. The van der Waals surface area contributed by atoms with Crippen LogP contribution in [0.1, 0.15) is 29.6 Å². The SMILES string of the molecule is CN=C(NCC(O)c1ccc(Cl)cc1)N1CCC(c2cnn(C)c2)C1. The number of aliphatic imine (C=N–C) groups is 1. The Labute approximate surface area is 153 Å². The zero-order chi connectivity index (χ0) is 17.8. The summed E-state index contributed by atoms with van der Waals surface area (Å²) < 4.78 is 1.84. The summed E-state index contributed by atoms with van der Waals surface area (Å²) in [6, 6.07) is 7.25. The monoisotopic (exact) mass is 361 g/mol. The highest BCUT2D eigenvalue weighted by Gasteiger charge is 2.27. The van der Waals surface area contributed by atoms with Crippen molar-refractivity contribution >= 4 is 17.6 Å². The first kappa shape index (κ1) is 17.8. The van der Waals surface area contributed by atoms with Crippen LogP contribution in [0.3, 0.4) is 0 Å². The van der Waals surface area contributed by atoms with E-state index in [0.717, 1.165) is 31.0 Å². The normalized spacial score (nSPS) is 19.3. The van der Waals surface area contributed by atoms with Gasteiger partial charge >= 0.3 is 0 Å². The van der Waals surface area contributed by atoms with E-state index >= 15 is 0 Å². The number of guanidine groups is 1. The molecule has 0 radical (unpaired) electrons. The molecule has 2 unspecified atom stereocenters. The first-order valence-corrected chi connectivity index (χ1v) is 8.82. The van der Waals surface area contributed by atoms with Crippen molar-refractivity contribution in [1.29, 1.82) is 0 Å².